The maximum absolute atomic E-state index is 5.88. The van der Waals surface area contributed by atoms with E-state index in [-0.39, 0.29) is 6.29 Å². The van der Waals surface area contributed by atoms with Crippen LogP contribution in [0.5, 0.6) is 0 Å². The van der Waals surface area contributed by atoms with Gasteiger partial charge in [0.05, 0.1) is 6.26 Å². The second kappa shape index (κ2) is 5.31. The molecule has 1 aliphatic rings. The summed E-state index contributed by atoms with van der Waals surface area (Å²) in [4.78, 5) is 12.3. The first-order valence-electron chi connectivity index (χ1n) is 6.07. The van der Waals surface area contributed by atoms with Crippen molar-refractivity contribution in [2.75, 3.05) is 21.1 Å². The average Bonchev–Trinajstić information content (AvgIpc) is 2.76. The van der Waals surface area contributed by atoms with E-state index in [2.05, 4.69) is 15.3 Å². The van der Waals surface area contributed by atoms with Crippen molar-refractivity contribution in [3.63, 3.8) is 0 Å². The number of hydrogen-bond donors (Lipinski definition) is 2. The summed E-state index contributed by atoms with van der Waals surface area (Å²) < 4.78 is 5.27. The van der Waals surface area contributed by atoms with Crippen molar-refractivity contribution in [2.24, 2.45) is 15.7 Å². The highest BCUT2D eigenvalue weighted by Crippen LogP contribution is 2.09. The standard InChI is InChI=1S/C12H20N6O/c1-8-5-9(7-19-8)6-14-11-16-12(17(2)3)15-10(13)18(11)4/h5,7,11,14H,6H2,1-4H3,(H2,13,15,16). The van der Waals surface area contributed by atoms with Crippen molar-refractivity contribution in [2.45, 2.75) is 19.8 Å². The Morgan fingerprint density at radius 1 is 1.53 bits per heavy atom. The van der Waals surface area contributed by atoms with Crippen molar-refractivity contribution in [3.8, 4) is 0 Å². The Morgan fingerprint density at radius 2 is 2.26 bits per heavy atom. The predicted molar refractivity (Wildman–Crippen MR) is 74.6 cm³/mol. The highest BCUT2D eigenvalue weighted by atomic mass is 16.3. The van der Waals surface area contributed by atoms with E-state index in [1.165, 1.54) is 0 Å². The fraction of sp³-hybridized carbons (Fsp3) is 0.500. The molecule has 0 amide bonds. The van der Waals surface area contributed by atoms with Crippen LogP contribution in [0.3, 0.4) is 0 Å². The minimum absolute atomic E-state index is 0.231. The van der Waals surface area contributed by atoms with Gasteiger partial charge in [-0.1, -0.05) is 0 Å². The molecule has 0 spiro atoms. The van der Waals surface area contributed by atoms with Gasteiger partial charge in [0.15, 0.2) is 6.29 Å². The highest BCUT2D eigenvalue weighted by Gasteiger charge is 2.22. The molecule has 1 atom stereocenters. The van der Waals surface area contributed by atoms with E-state index in [1.54, 1.807) is 11.2 Å². The van der Waals surface area contributed by atoms with Gasteiger partial charge >= 0.3 is 0 Å². The van der Waals surface area contributed by atoms with Crippen LogP contribution in [0.4, 0.5) is 0 Å². The molecule has 0 fully saturated rings. The molecule has 1 aliphatic heterocycles. The molecule has 0 saturated heterocycles. The summed E-state index contributed by atoms with van der Waals surface area (Å²) in [5.41, 5.74) is 6.96. The summed E-state index contributed by atoms with van der Waals surface area (Å²) >= 11 is 0. The average molecular weight is 264 g/mol. The topological polar surface area (TPSA) is 82.4 Å². The van der Waals surface area contributed by atoms with Gasteiger partial charge in [0.1, 0.15) is 5.76 Å². The summed E-state index contributed by atoms with van der Waals surface area (Å²) in [6.45, 7) is 2.58. The Morgan fingerprint density at radius 3 is 2.84 bits per heavy atom. The minimum Gasteiger partial charge on any atom is -0.469 e. The number of furan rings is 1. The first-order chi connectivity index (χ1) is 8.97. The summed E-state index contributed by atoms with van der Waals surface area (Å²) in [7, 11) is 5.63. The fourth-order valence-electron chi connectivity index (χ4n) is 1.73. The normalized spacial score (nSPS) is 19.2. The molecule has 1 unspecified atom stereocenters. The smallest absolute Gasteiger partial charge is 0.226 e. The van der Waals surface area contributed by atoms with Gasteiger partial charge in [-0.25, -0.2) is 4.99 Å². The van der Waals surface area contributed by atoms with E-state index in [0.29, 0.717) is 18.5 Å². The minimum atomic E-state index is -0.231. The van der Waals surface area contributed by atoms with Crippen molar-refractivity contribution in [1.29, 1.82) is 0 Å². The van der Waals surface area contributed by atoms with Crippen molar-refractivity contribution in [3.05, 3.63) is 23.7 Å². The zero-order valence-electron chi connectivity index (χ0n) is 11.7. The van der Waals surface area contributed by atoms with Crippen LogP contribution < -0.4 is 11.1 Å². The molecule has 0 aliphatic carbocycles. The number of aryl methyl sites for hydroxylation is 1. The van der Waals surface area contributed by atoms with Gasteiger partial charge in [-0.05, 0) is 13.0 Å². The number of nitrogens with one attached hydrogen (secondary N) is 1. The summed E-state index contributed by atoms with van der Waals surface area (Å²) in [6, 6.07) is 1.99. The van der Waals surface area contributed by atoms with Crippen LogP contribution >= 0.6 is 0 Å². The molecule has 7 nitrogen and oxygen atoms in total. The van der Waals surface area contributed by atoms with Crippen LogP contribution in [0, 0.1) is 6.92 Å². The Labute approximate surface area is 112 Å². The van der Waals surface area contributed by atoms with E-state index in [0.717, 1.165) is 11.3 Å². The molecule has 0 radical (unpaired) electrons. The number of aliphatic imine (C=N–C) groups is 2. The van der Waals surface area contributed by atoms with E-state index in [1.807, 2.05) is 39.0 Å². The molecule has 19 heavy (non-hydrogen) atoms. The summed E-state index contributed by atoms with van der Waals surface area (Å²) in [5.74, 6) is 1.95. The van der Waals surface area contributed by atoms with Crippen molar-refractivity contribution in [1.82, 2.24) is 15.1 Å². The first-order valence-corrected chi connectivity index (χ1v) is 6.07. The van der Waals surface area contributed by atoms with Gasteiger partial charge in [0, 0.05) is 33.3 Å². The first kappa shape index (κ1) is 13.4. The van der Waals surface area contributed by atoms with Gasteiger partial charge in [-0.2, -0.15) is 4.99 Å². The summed E-state index contributed by atoms with van der Waals surface area (Å²) in [5, 5.41) is 3.31. The van der Waals surface area contributed by atoms with E-state index in [4.69, 9.17) is 10.2 Å². The molecule has 0 saturated carbocycles. The van der Waals surface area contributed by atoms with Crippen LogP contribution in [0.2, 0.25) is 0 Å². The monoisotopic (exact) mass is 264 g/mol. The Kier molecular flexibility index (Phi) is 3.75. The third-order valence-electron chi connectivity index (χ3n) is 2.85. The lowest BCUT2D eigenvalue weighted by molar-refractivity contribution is 0.300. The zero-order chi connectivity index (χ0) is 14.0. The molecule has 1 aromatic heterocycles. The Bertz CT molecular complexity index is 504. The molecule has 0 bridgehead atoms. The Balaban J connectivity index is 2.04. The third kappa shape index (κ3) is 3.05. The lowest BCUT2D eigenvalue weighted by atomic mass is 10.3. The molecular weight excluding hydrogens is 244 g/mol. The largest absolute Gasteiger partial charge is 0.469 e. The zero-order valence-corrected chi connectivity index (χ0v) is 11.7. The molecule has 2 heterocycles. The lowest BCUT2D eigenvalue weighted by Gasteiger charge is -2.31. The summed E-state index contributed by atoms with van der Waals surface area (Å²) in [6.07, 6.45) is 1.50. The molecule has 1 aromatic rings. The highest BCUT2D eigenvalue weighted by molar-refractivity contribution is 5.95. The van der Waals surface area contributed by atoms with Crippen LogP contribution in [-0.2, 0) is 6.54 Å². The second-order valence-corrected chi connectivity index (χ2v) is 4.72. The van der Waals surface area contributed by atoms with Crippen LogP contribution in [0.15, 0.2) is 26.7 Å². The number of guanidine groups is 2. The molecular formula is C12H20N6O. The van der Waals surface area contributed by atoms with Gasteiger partial charge in [0.25, 0.3) is 0 Å². The van der Waals surface area contributed by atoms with Gasteiger partial charge in [-0.15, -0.1) is 0 Å². The molecule has 0 aromatic carbocycles. The van der Waals surface area contributed by atoms with E-state index in [9.17, 15) is 0 Å². The lowest BCUT2D eigenvalue weighted by Crippen LogP contribution is -2.52. The maximum Gasteiger partial charge on any atom is 0.226 e. The molecule has 104 valence electrons. The predicted octanol–water partition coefficient (Wildman–Crippen LogP) is 0.139. The van der Waals surface area contributed by atoms with E-state index < -0.39 is 0 Å². The SMILES string of the molecule is Cc1cc(CNC2N=C(N(C)C)N=C(N)N2C)co1. The number of hydrogen-bond acceptors (Lipinski definition) is 7. The molecule has 7 heteroatoms. The molecule has 2 rings (SSSR count). The Hall–Kier alpha value is -2.02. The quantitative estimate of drug-likeness (QED) is 0.811. The van der Waals surface area contributed by atoms with Crippen LogP contribution in [0.1, 0.15) is 11.3 Å². The number of rotatable bonds is 3. The fourth-order valence-corrected chi connectivity index (χ4v) is 1.73. The van der Waals surface area contributed by atoms with Gasteiger partial charge in [0.2, 0.25) is 11.9 Å². The van der Waals surface area contributed by atoms with Crippen molar-refractivity contribution >= 4 is 11.9 Å². The second-order valence-electron chi connectivity index (χ2n) is 4.72. The molecule has 3 N–H and O–H groups in total. The maximum atomic E-state index is 5.88. The van der Waals surface area contributed by atoms with Gasteiger partial charge in [-0.3, -0.25) is 5.32 Å². The van der Waals surface area contributed by atoms with Gasteiger partial charge < -0.3 is 20.0 Å². The van der Waals surface area contributed by atoms with Crippen LogP contribution in [0.25, 0.3) is 0 Å². The van der Waals surface area contributed by atoms with E-state index >= 15 is 0 Å². The third-order valence-corrected chi connectivity index (χ3v) is 2.85. The van der Waals surface area contributed by atoms with Crippen LogP contribution in [-0.4, -0.2) is 49.2 Å². The number of nitrogens with zero attached hydrogens (tertiary/aromatic N) is 4. The van der Waals surface area contributed by atoms with Crippen molar-refractivity contribution < 1.29 is 4.42 Å². The number of nitrogens with two attached hydrogens (primary N) is 1.